The average Bonchev–Trinajstić information content (AvgIpc) is 3.16. The molecule has 30 heavy (non-hydrogen) atoms. The molecule has 3 aromatic rings. The molecule has 0 unspecified atom stereocenters. The second-order valence-corrected chi connectivity index (χ2v) is 8.53. The van der Waals surface area contributed by atoms with Crippen LogP contribution in [0.1, 0.15) is 5.56 Å². The van der Waals surface area contributed by atoms with Crippen molar-refractivity contribution < 1.29 is 19.3 Å². The molecule has 0 saturated heterocycles. The summed E-state index contributed by atoms with van der Waals surface area (Å²) < 4.78 is 19.4. The Morgan fingerprint density at radius 1 is 1.03 bits per heavy atom. The molecule has 158 valence electrons. The summed E-state index contributed by atoms with van der Waals surface area (Å²) in [6.45, 7) is 0. The number of phenols is 1. The van der Waals surface area contributed by atoms with Crippen molar-refractivity contribution in [2.75, 3.05) is 28.4 Å². The Hall–Kier alpha value is -2.30. The molecule has 0 saturated carbocycles. The molecule has 0 aliphatic heterocycles. The van der Waals surface area contributed by atoms with E-state index in [0.717, 1.165) is 15.7 Å². The predicted molar refractivity (Wildman–Crippen MR) is 125 cm³/mol. The van der Waals surface area contributed by atoms with Gasteiger partial charge in [-0.1, -0.05) is 15.9 Å². The summed E-state index contributed by atoms with van der Waals surface area (Å²) in [5, 5.41) is 16.8. The monoisotopic (exact) mass is 555 g/mol. The van der Waals surface area contributed by atoms with Gasteiger partial charge in [-0.05, 0) is 40.2 Å². The van der Waals surface area contributed by atoms with Gasteiger partial charge in [-0.25, -0.2) is 4.68 Å². The Kier molecular flexibility index (Phi) is 7.22. The molecule has 2 aromatic carbocycles. The Balaban J connectivity index is 2.16. The van der Waals surface area contributed by atoms with Crippen LogP contribution < -0.4 is 19.0 Å². The van der Waals surface area contributed by atoms with Crippen LogP contribution in [0, 0.1) is 0 Å². The van der Waals surface area contributed by atoms with Gasteiger partial charge in [0, 0.05) is 28.0 Å². The standard InChI is InChI=1S/C20H19Br2N3O4S/c1-23-20-25(24-9-12-5-13(21)8-14(22)18(12)26)15(10-30-20)11-6-16(27-2)19(29-4)17(7-11)28-3/h5-10,26H,1-4H3. The lowest BCUT2D eigenvalue weighted by atomic mass is 10.1. The average molecular weight is 557 g/mol. The summed E-state index contributed by atoms with van der Waals surface area (Å²) in [4.78, 5) is 4.99. The van der Waals surface area contributed by atoms with Crippen LogP contribution in [0.3, 0.4) is 0 Å². The smallest absolute Gasteiger partial charge is 0.205 e. The first-order valence-electron chi connectivity index (χ1n) is 8.59. The third-order valence-electron chi connectivity index (χ3n) is 4.21. The molecule has 0 atom stereocenters. The zero-order valence-electron chi connectivity index (χ0n) is 16.6. The van der Waals surface area contributed by atoms with Crippen molar-refractivity contribution in [2.24, 2.45) is 10.1 Å². The maximum atomic E-state index is 10.3. The predicted octanol–water partition coefficient (Wildman–Crippen LogP) is 4.89. The molecule has 3 rings (SSSR count). The Labute approximate surface area is 194 Å². The molecule has 0 aliphatic rings. The second kappa shape index (κ2) is 9.67. The maximum Gasteiger partial charge on any atom is 0.205 e. The Morgan fingerprint density at radius 3 is 2.27 bits per heavy atom. The Morgan fingerprint density at radius 2 is 1.70 bits per heavy atom. The molecule has 7 nitrogen and oxygen atoms in total. The van der Waals surface area contributed by atoms with Gasteiger partial charge in [0.15, 0.2) is 11.5 Å². The van der Waals surface area contributed by atoms with E-state index in [1.54, 1.807) is 51.4 Å². The van der Waals surface area contributed by atoms with Gasteiger partial charge in [0.05, 0.1) is 37.7 Å². The van der Waals surface area contributed by atoms with Gasteiger partial charge in [0.2, 0.25) is 10.6 Å². The minimum Gasteiger partial charge on any atom is -0.506 e. The zero-order valence-corrected chi connectivity index (χ0v) is 20.6. The molecule has 0 bridgehead atoms. The van der Waals surface area contributed by atoms with E-state index in [1.807, 2.05) is 17.5 Å². The lowest BCUT2D eigenvalue weighted by Gasteiger charge is -2.14. The van der Waals surface area contributed by atoms with Crippen molar-refractivity contribution in [3.05, 3.63) is 49.0 Å². The van der Waals surface area contributed by atoms with Crippen molar-refractivity contribution in [1.82, 2.24) is 4.68 Å². The summed E-state index contributed by atoms with van der Waals surface area (Å²) in [5.74, 6) is 1.69. The van der Waals surface area contributed by atoms with E-state index in [-0.39, 0.29) is 5.75 Å². The summed E-state index contributed by atoms with van der Waals surface area (Å²) in [5.41, 5.74) is 2.14. The largest absolute Gasteiger partial charge is 0.506 e. The minimum atomic E-state index is 0.0992. The third-order valence-corrected chi connectivity index (χ3v) is 6.18. The molecule has 0 radical (unpaired) electrons. The maximum absolute atomic E-state index is 10.3. The molecule has 0 spiro atoms. The summed E-state index contributed by atoms with van der Waals surface area (Å²) >= 11 is 8.20. The number of aromatic hydroxyl groups is 1. The molecule has 1 heterocycles. The Bertz CT molecular complexity index is 1150. The molecule has 1 aromatic heterocycles. The van der Waals surface area contributed by atoms with E-state index >= 15 is 0 Å². The van der Waals surface area contributed by atoms with E-state index in [4.69, 9.17) is 14.2 Å². The fraction of sp³-hybridized carbons (Fsp3) is 0.200. The number of rotatable bonds is 6. The molecule has 1 N–H and O–H groups in total. The van der Waals surface area contributed by atoms with Crippen LogP contribution in [-0.2, 0) is 0 Å². The van der Waals surface area contributed by atoms with Gasteiger partial charge >= 0.3 is 0 Å². The summed E-state index contributed by atoms with van der Waals surface area (Å²) in [7, 11) is 6.40. The van der Waals surface area contributed by atoms with Gasteiger partial charge in [-0.15, -0.1) is 11.3 Å². The topological polar surface area (TPSA) is 77.6 Å². The number of hydrogen-bond acceptors (Lipinski definition) is 7. The quantitative estimate of drug-likeness (QED) is 0.439. The normalized spacial score (nSPS) is 11.9. The lowest BCUT2D eigenvalue weighted by molar-refractivity contribution is 0.324. The highest BCUT2D eigenvalue weighted by molar-refractivity contribution is 9.11. The van der Waals surface area contributed by atoms with Crippen LogP contribution in [-0.4, -0.2) is 44.4 Å². The minimum absolute atomic E-state index is 0.0992. The van der Waals surface area contributed by atoms with Crippen LogP contribution in [0.25, 0.3) is 11.3 Å². The van der Waals surface area contributed by atoms with E-state index < -0.39 is 0 Å². The van der Waals surface area contributed by atoms with E-state index in [0.29, 0.717) is 32.1 Å². The molecule has 0 fully saturated rings. The van der Waals surface area contributed by atoms with Crippen LogP contribution in [0.5, 0.6) is 23.0 Å². The summed E-state index contributed by atoms with van der Waals surface area (Å²) in [6.07, 6.45) is 1.58. The number of halogens is 2. The SMILES string of the molecule is CN=c1scc(-c2cc(OC)c(OC)c(OC)c2)n1N=Cc1cc(Br)cc(Br)c1O. The number of methoxy groups -OCH3 is 3. The first-order chi connectivity index (χ1) is 14.4. The van der Waals surface area contributed by atoms with E-state index in [9.17, 15) is 5.11 Å². The molecule has 10 heteroatoms. The second-order valence-electron chi connectivity index (χ2n) is 5.92. The molecular formula is C20H19Br2N3O4S. The number of phenolic OH excluding ortho intramolecular Hbond substituents is 1. The highest BCUT2D eigenvalue weighted by atomic mass is 79.9. The van der Waals surface area contributed by atoms with Gasteiger partial charge < -0.3 is 19.3 Å². The van der Waals surface area contributed by atoms with Crippen LogP contribution >= 0.6 is 43.2 Å². The van der Waals surface area contributed by atoms with E-state index in [2.05, 4.69) is 42.0 Å². The van der Waals surface area contributed by atoms with Crippen molar-refractivity contribution in [3.63, 3.8) is 0 Å². The van der Waals surface area contributed by atoms with Crippen molar-refractivity contribution in [2.45, 2.75) is 0 Å². The number of thiazole rings is 1. The van der Waals surface area contributed by atoms with E-state index in [1.165, 1.54) is 11.3 Å². The highest BCUT2D eigenvalue weighted by Crippen LogP contribution is 2.41. The number of hydrogen-bond donors (Lipinski definition) is 1. The number of ether oxygens (including phenoxy) is 3. The fourth-order valence-electron chi connectivity index (χ4n) is 2.79. The fourth-order valence-corrected chi connectivity index (χ4v) is 4.86. The first-order valence-corrected chi connectivity index (χ1v) is 11.1. The zero-order chi connectivity index (χ0) is 21.8. The number of nitrogens with zero attached hydrogens (tertiary/aromatic N) is 3. The van der Waals surface area contributed by atoms with Crippen molar-refractivity contribution in [3.8, 4) is 34.3 Å². The lowest BCUT2D eigenvalue weighted by Crippen LogP contribution is -2.11. The van der Waals surface area contributed by atoms with Crippen LogP contribution in [0.15, 0.2) is 48.7 Å². The number of aromatic nitrogens is 1. The highest BCUT2D eigenvalue weighted by Gasteiger charge is 2.17. The van der Waals surface area contributed by atoms with Gasteiger partial charge in [0.1, 0.15) is 5.75 Å². The van der Waals surface area contributed by atoms with Crippen molar-refractivity contribution in [1.29, 1.82) is 0 Å². The molecule has 0 amide bonds. The van der Waals surface area contributed by atoms with Crippen LogP contribution in [0.4, 0.5) is 0 Å². The molecular weight excluding hydrogens is 538 g/mol. The van der Waals surface area contributed by atoms with Crippen molar-refractivity contribution >= 4 is 49.4 Å². The molecule has 0 aliphatic carbocycles. The van der Waals surface area contributed by atoms with Gasteiger partial charge in [0.25, 0.3) is 0 Å². The van der Waals surface area contributed by atoms with Crippen LogP contribution in [0.2, 0.25) is 0 Å². The number of benzene rings is 2. The third kappa shape index (κ3) is 4.40. The summed E-state index contributed by atoms with van der Waals surface area (Å²) in [6, 6.07) is 7.24. The van der Waals surface area contributed by atoms with Gasteiger partial charge in [-0.2, -0.15) is 5.10 Å². The van der Waals surface area contributed by atoms with Gasteiger partial charge in [-0.3, -0.25) is 4.99 Å². The first kappa shape index (κ1) is 22.4.